The number of esters is 1. The molecule has 0 spiro atoms. The number of sulfonamides is 1. The van der Waals surface area contributed by atoms with Crippen LogP contribution in [0, 0.1) is 13.8 Å². The van der Waals surface area contributed by atoms with E-state index in [2.05, 4.69) is 15.9 Å². The highest BCUT2D eigenvalue weighted by Gasteiger charge is 2.33. The number of ketones is 1. The molecule has 1 aliphatic rings. The third kappa shape index (κ3) is 5.24. The average molecular weight is 541 g/mol. The van der Waals surface area contributed by atoms with Crippen molar-refractivity contribution in [3.05, 3.63) is 51.3 Å². The summed E-state index contributed by atoms with van der Waals surface area (Å²) in [6, 6.07) is 6.31. The number of halogens is 1. The first kappa shape index (κ1) is 25.6. The predicted molar refractivity (Wildman–Crippen MR) is 127 cm³/mol. The molecule has 1 saturated heterocycles. The van der Waals surface area contributed by atoms with Crippen LogP contribution in [0.1, 0.15) is 51.9 Å². The maximum atomic E-state index is 13.5. The van der Waals surface area contributed by atoms with E-state index in [1.807, 2.05) is 6.92 Å². The highest BCUT2D eigenvalue weighted by Crippen LogP contribution is 2.26. The van der Waals surface area contributed by atoms with E-state index in [-0.39, 0.29) is 29.9 Å². The molecular weight excluding hydrogens is 512 g/mol. The minimum Gasteiger partial charge on any atom is -0.464 e. The first-order valence-electron chi connectivity index (χ1n) is 10.8. The summed E-state index contributed by atoms with van der Waals surface area (Å²) in [7, 11) is -2.66. The van der Waals surface area contributed by atoms with Crippen molar-refractivity contribution in [2.24, 2.45) is 0 Å². The zero-order valence-corrected chi connectivity index (χ0v) is 21.7. The van der Waals surface area contributed by atoms with Crippen LogP contribution >= 0.6 is 15.9 Å². The van der Waals surface area contributed by atoms with Gasteiger partial charge in [0.2, 0.25) is 10.0 Å². The van der Waals surface area contributed by atoms with Crippen LogP contribution in [0.25, 0.3) is 0 Å². The van der Waals surface area contributed by atoms with Gasteiger partial charge >= 0.3 is 5.97 Å². The fourth-order valence-electron chi connectivity index (χ4n) is 4.32. The van der Waals surface area contributed by atoms with Crippen LogP contribution in [0.3, 0.4) is 0 Å². The molecule has 1 aromatic carbocycles. The number of benzene rings is 1. The molecule has 0 N–H and O–H groups in total. The second-order valence-electron chi connectivity index (χ2n) is 7.98. The van der Waals surface area contributed by atoms with Crippen molar-refractivity contribution >= 4 is 37.7 Å². The van der Waals surface area contributed by atoms with Crippen LogP contribution < -0.4 is 0 Å². The lowest BCUT2D eigenvalue weighted by Gasteiger charge is -2.24. The van der Waals surface area contributed by atoms with Crippen molar-refractivity contribution in [3.8, 4) is 0 Å². The standard InChI is InChI=1S/C23H29BrN2O6S/c1-5-26-16(3)21(15(2)22(26)23(28)31-4)20(27)14-25(13-18-7-6-12-32-18)33(29,30)19-10-8-17(24)9-11-19/h8-11,18H,5-7,12-14H2,1-4H3. The minimum atomic E-state index is -3.95. The van der Waals surface area contributed by atoms with Gasteiger partial charge in [-0.25, -0.2) is 13.2 Å². The Balaban J connectivity index is 1.99. The Bertz CT molecular complexity index is 1130. The molecule has 0 saturated carbocycles. The van der Waals surface area contributed by atoms with Crippen LogP contribution in [0.4, 0.5) is 0 Å². The Morgan fingerprint density at radius 1 is 1.24 bits per heavy atom. The average Bonchev–Trinajstić information content (AvgIpc) is 3.38. The molecule has 0 bridgehead atoms. The van der Waals surface area contributed by atoms with Gasteiger partial charge in [-0.15, -0.1) is 0 Å². The monoisotopic (exact) mass is 540 g/mol. The van der Waals surface area contributed by atoms with Crippen LogP contribution in [-0.2, 0) is 26.0 Å². The second kappa shape index (κ2) is 10.5. The van der Waals surface area contributed by atoms with E-state index in [4.69, 9.17) is 9.47 Å². The van der Waals surface area contributed by atoms with Crippen LogP contribution in [-0.4, -0.2) is 62.0 Å². The number of Topliss-reactive ketones (excluding diaryl/α,β-unsaturated/α-hetero) is 1. The number of carbonyl (C=O) groups is 2. The molecule has 0 amide bonds. The van der Waals surface area contributed by atoms with Crippen LogP contribution in [0.5, 0.6) is 0 Å². The summed E-state index contributed by atoms with van der Waals surface area (Å²) in [5, 5.41) is 0. The maximum Gasteiger partial charge on any atom is 0.354 e. The SMILES string of the molecule is CCn1c(C)c(C(=O)CN(CC2CCCO2)S(=O)(=O)c2ccc(Br)cc2)c(C)c1C(=O)OC. The van der Waals surface area contributed by atoms with Gasteiger partial charge in [0.05, 0.1) is 24.7 Å². The number of hydrogen-bond donors (Lipinski definition) is 0. The smallest absolute Gasteiger partial charge is 0.354 e. The third-order valence-electron chi connectivity index (χ3n) is 5.94. The van der Waals surface area contributed by atoms with Gasteiger partial charge in [-0.2, -0.15) is 4.31 Å². The number of hydrogen-bond acceptors (Lipinski definition) is 6. The Kier molecular flexibility index (Phi) is 8.15. The second-order valence-corrected chi connectivity index (χ2v) is 10.8. The Morgan fingerprint density at radius 3 is 2.45 bits per heavy atom. The maximum absolute atomic E-state index is 13.5. The van der Waals surface area contributed by atoms with Gasteiger partial charge in [-0.3, -0.25) is 4.79 Å². The van der Waals surface area contributed by atoms with Gasteiger partial charge in [0.15, 0.2) is 5.78 Å². The zero-order chi connectivity index (χ0) is 24.3. The van der Waals surface area contributed by atoms with E-state index < -0.39 is 16.0 Å². The van der Waals surface area contributed by atoms with Gasteiger partial charge in [0.25, 0.3) is 0 Å². The van der Waals surface area contributed by atoms with Gasteiger partial charge in [-0.1, -0.05) is 15.9 Å². The fourth-order valence-corrected chi connectivity index (χ4v) is 6.01. The summed E-state index contributed by atoms with van der Waals surface area (Å²) in [6.07, 6.45) is 1.32. The molecule has 0 aliphatic carbocycles. The van der Waals surface area contributed by atoms with Crippen LogP contribution in [0.2, 0.25) is 0 Å². The van der Waals surface area contributed by atoms with Crippen molar-refractivity contribution in [2.45, 2.75) is 51.2 Å². The normalized spacial score (nSPS) is 16.4. The first-order chi connectivity index (χ1) is 15.6. The summed E-state index contributed by atoms with van der Waals surface area (Å²) in [5.74, 6) is -0.906. The van der Waals surface area contributed by atoms with Gasteiger partial charge in [0, 0.05) is 35.4 Å². The van der Waals surface area contributed by atoms with E-state index in [0.29, 0.717) is 35.7 Å². The van der Waals surface area contributed by atoms with Gasteiger partial charge in [0.1, 0.15) is 5.69 Å². The molecule has 1 unspecified atom stereocenters. The molecule has 3 rings (SSSR count). The molecule has 33 heavy (non-hydrogen) atoms. The molecule has 1 aliphatic heterocycles. The number of ether oxygens (including phenoxy) is 2. The number of carbonyl (C=O) groups excluding carboxylic acids is 2. The summed E-state index contributed by atoms with van der Waals surface area (Å²) < 4.78 is 41.2. The third-order valence-corrected chi connectivity index (χ3v) is 8.30. The lowest BCUT2D eigenvalue weighted by molar-refractivity contribution is 0.0587. The molecule has 2 heterocycles. The topological polar surface area (TPSA) is 94.9 Å². The van der Waals surface area contributed by atoms with Crippen molar-refractivity contribution < 1.29 is 27.5 Å². The quantitative estimate of drug-likeness (QED) is 0.355. The predicted octanol–water partition coefficient (Wildman–Crippen LogP) is 3.73. The molecule has 180 valence electrons. The number of rotatable bonds is 9. The molecule has 0 radical (unpaired) electrons. The van der Waals surface area contributed by atoms with Crippen LogP contribution in [0.15, 0.2) is 33.6 Å². The van der Waals surface area contributed by atoms with Crippen molar-refractivity contribution in [2.75, 3.05) is 26.8 Å². The van der Waals surface area contributed by atoms with E-state index in [1.54, 1.807) is 30.5 Å². The molecule has 1 atom stereocenters. The summed E-state index contributed by atoms with van der Waals surface area (Å²) in [6.45, 7) is 6.09. The summed E-state index contributed by atoms with van der Waals surface area (Å²) in [5.41, 5.74) is 1.76. The Morgan fingerprint density at radius 2 is 1.91 bits per heavy atom. The number of aromatic nitrogens is 1. The molecule has 2 aromatic rings. The lowest BCUT2D eigenvalue weighted by Crippen LogP contribution is -2.41. The summed E-state index contributed by atoms with van der Waals surface area (Å²) >= 11 is 3.32. The fraction of sp³-hybridized carbons (Fsp3) is 0.478. The van der Waals surface area contributed by atoms with E-state index >= 15 is 0 Å². The van der Waals surface area contributed by atoms with Crippen molar-refractivity contribution in [3.63, 3.8) is 0 Å². The molecule has 1 fully saturated rings. The molecule has 10 heteroatoms. The van der Waals surface area contributed by atoms with E-state index in [0.717, 1.165) is 17.3 Å². The van der Waals surface area contributed by atoms with E-state index in [1.165, 1.54) is 23.5 Å². The van der Waals surface area contributed by atoms with Gasteiger partial charge < -0.3 is 14.0 Å². The highest BCUT2D eigenvalue weighted by atomic mass is 79.9. The first-order valence-corrected chi connectivity index (χ1v) is 13.0. The molecule has 8 nitrogen and oxygen atoms in total. The van der Waals surface area contributed by atoms with Gasteiger partial charge in [-0.05, 0) is 63.4 Å². The highest BCUT2D eigenvalue weighted by molar-refractivity contribution is 9.10. The van der Waals surface area contributed by atoms with Crippen molar-refractivity contribution in [1.82, 2.24) is 8.87 Å². The molecule has 1 aromatic heterocycles. The Labute approximate surface area is 203 Å². The zero-order valence-electron chi connectivity index (χ0n) is 19.3. The van der Waals surface area contributed by atoms with Crippen molar-refractivity contribution in [1.29, 1.82) is 0 Å². The van der Waals surface area contributed by atoms with E-state index in [9.17, 15) is 18.0 Å². The largest absolute Gasteiger partial charge is 0.464 e. The lowest BCUT2D eigenvalue weighted by atomic mass is 10.1. The Hall–Kier alpha value is -2.01. The minimum absolute atomic E-state index is 0.0839. The summed E-state index contributed by atoms with van der Waals surface area (Å²) in [4.78, 5) is 25.9. The molecular formula is C23H29BrN2O6S. The number of nitrogens with zero attached hydrogens (tertiary/aromatic N) is 2. The number of methoxy groups -OCH3 is 1.